The summed E-state index contributed by atoms with van der Waals surface area (Å²) in [6.07, 6.45) is 6.93. The molecule has 1 atom stereocenters. The molecule has 2 rings (SSSR count). The van der Waals surface area contributed by atoms with Crippen molar-refractivity contribution in [3.8, 4) is 0 Å². The van der Waals surface area contributed by atoms with Crippen molar-refractivity contribution in [1.29, 1.82) is 0 Å². The Labute approximate surface area is 95.9 Å². The van der Waals surface area contributed by atoms with E-state index in [1.54, 1.807) is 0 Å². The number of carbonyl (C=O) groups excluding carboxylic acids is 1. The van der Waals surface area contributed by atoms with Crippen LogP contribution in [0.25, 0.3) is 0 Å². The van der Waals surface area contributed by atoms with Crippen LogP contribution in [-0.4, -0.2) is 5.97 Å². The lowest BCUT2D eigenvalue weighted by molar-refractivity contribution is -0.150. The fourth-order valence-electron chi connectivity index (χ4n) is 1.85. The van der Waals surface area contributed by atoms with Crippen molar-refractivity contribution in [2.24, 2.45) is 5.92 Å². The van der Waals surface area contributed by atoms with Crippen LogP contribution in [0.15, 0.2) is 42.5 Å². The second-order valence-corrected chi connectivity index (χ2v) is 4.07. The largest absolute Gasteiger partial charge is 0.461 e. The lowest BCUT2D eigenvalue weighted by atomic mass is 9.95. The van der Waals surface area contributed by atoms with E-state index in [1.807, 2.05) is 30.3 Å². The maximum absolute atomic E-state index is 11.7. The summed E-state index contributed by atoms with van der Waals surface area (Å²) in [5, 5.41) is 0. The molecule has 0 amide bonds. The van der Waals surface area contributed by atoms with E-state index in [-0.39, 0.29) is 11.9 Å². The van der Waals surface area contributed by atoms with Crippen LogP contribution in [0.1, 0.15) is 24.8 Å². The summed E-state index contributed by atoms with van der Waals surface area (Å²) in [5.74, 6) is 0.00177. The second kappa shape index (κ2) is 5.50. The van der Waals surface area contributed by atoms with E-state index in [0.29, 0.717) is 6.61 Å². The zero-order valence-electron chi connectivity index (χ0n) is 9.26. The molecular formula is C14H16O2. The van der Waals surface area contributed by atoms with Gasteiger partial charge >= 0.3 is 5.97 Å². The summed E-state index contributed by atoms with van der Waals surface area (Å²) in [6, 6.07) is 9.79. The van der Waals surface area contributed by atoms with E-state index in [0.717, 1.165) is 24.8 Å². The van der Waals surface area contributed by atoms with Gasteiger partial charge in [0.25, 0.3) is 0 Å². The molecule has 1 aromatic rings. The number of hydrogen-bond acceptors (Lipinski definition) is 2. The predicted octanol–water partition coefficient (Wildman–Crippen LogP) is 3.09. The van der Waals surface area contributed by atoms with E-state index < -0.39 is 0 Å². The van der Waals surface area contributed by atoms with E-state index in [2.05, 4.69) is 12.2 Å². The van der Waals surface area contributed by atoms with Crippen molar-refractivity contribution in [1.82, 2.24) is 0 Å². The fourth-order valence-corrected chi connectivity index (χ4v) is 1.85. The minimum Gasteiger partial charge on any atom is -0.461 e. The molecule has 0 fully saturated rings. The summed E-state index contributed by atoms with van der Waals surface area (Å²) in [7, 11) is 0. The van der Waals surface area contributed by atoms with Gasteiger partial charge in [0, 0.05) is 0 Å². The number of carbonyl (C=O) groups is 1. The Balaban J connectivity index is 1.82. The maximum atomic E-state index is 11.7. The topological polar surface area (TPSA) is 26.3 Å². The van der Waals surface area contributed by atoms with Gasteiger partial charge in [0.15, 0.2) is 0 Å². The summed E-state index contributed by atoms with van der Waals surface area (Å²) in [5.41, 5.74) is 1.04. The Morgan fingerprint density at radius 3 is 2.75 bits per heavy atom. The SMILES string of the molecule is O=C(OCc1ccccc1)[C@@H]1CC=CCC1. The molecule has 0 radical (unpaired) electrons. The van der Waals surface area contributed by atoms with Gasteiger partial charge in [0.05, 0.1) is 5.92 Å². The molecule has 0 N–H and O–H groups in total. The van der Waals surface area contributed by atoms with Gasteiger partial charge in [-0.3, -0.25) is 4.79 Å². The predicted molar refractivity (Wildman–Crippen MR) is 62.7 cm³/mol. The summed E-state index contributed by atoms with van der Waals surface area (Å²) in [4.78, 5) is 11.7. The molecule has 0 aliphatic heterocycles. The zero-order valence-corrected chi connectivity index (χ0v) is 9.26. The quantitative estimate of drug-likeness (QED) is 0.573. The van der Waals surface area contributed by atoms with Gasteiger partial charge in [-0.05, 0) is 24.8 Å². The van der Waals surface area contributed by atoms with E-state index in [9.17, 15) is 4.79 Å². The van der Waals surface area contributed by atoms with Crippen LogP contribution in [0.4, 0.5) is 0 Å². The third-order valence-electron chi connectivity index (χ3n) is 2.83. The number of hydrogen-bond donors (Lipinski definition) is 0. The van der Waals surface area contributed by atoms with Crippen molar-refractivity contribution in [3.05, 3.63) is 48.0 Å². The molecule has 16 heavy (non-hydrogen) atoms. The van der Waals surface area contributed by atoms with Gasteiger partial charge in [-0.2, -0.15) is 0 Å². The molecule has 0 saturated heterocycles. The van der Waals surface area contributed by atoms with Gasteiger partial charge < -0.3 is 4.74 Å². The smallest absolute Gasteiger partial charge is 0.309 e. The average Bonchev–Trinajstić information content (AvgIpc) is 2.38. The minimum atomic E-state index is -0.0618. The normalized spacial score (nSPS) is 19.4. The van der Waals surface area contributed by atoms with Gasteiger partial charge in [-0.1, -0.05) is 42.5 Å². The molecule has 2 heteroatoms. The Kier molecular flexibility index (Phi) is 3.76. The lowest BCUT2D eigenvalue weighted by Crippen LogP contribution is -2.18. The number of ether oxygens (including phenoxy) is 1. The highest BCUT2D eigenvalue weighted by molar-refractivity contribution is 5.72. The van der Waals surface area contributed by atoms with Crippen molar-refractivity contribution in [2.75, 3.05) is 0 Å². The average molecular weight is 216 g/mol. The molecule has 1 aliphatic rings. The Bertz CT molecular complexity index is 368. The highest BCUT2D eigenvalue weighted by Crippen LogP contribution is 2.19. The Morgan fingerprint density at radius 2 is 2.06 bits per heavy atom. The van der Waals surface area contributed by atoms with Crippen molar-refractivity contribution in [3.63, 3.8) is 0 Å². The van der Waals surface area contributed by atoms with Crippen molar-refractivity contribution < 1.29 is 9.53 Å². The molecule has 1 aliphatic carbocycles. The first-order valence-corrected chi connectivity index (χ1v) is 5.72. The number of benzene rings is 1. The van der Waals surface area contributed by atoms with Crippen LogP contribution in [0.3, 0.4) is 0 Å². The highest BCUT2D eigenvalue weighted by Gasteiger charge is 2.19. The van der Waals surface area contributed by atoms with Crippen LogP contribution in [0.2, 0.25) is 0 Å². The van der Waals surface area contributed by atoms with Crippen LogP contribution >= 0.6 is 0 Å². The van der Waals surface area contributed by atoms with Crippen LogP contribution < -0.4 is 0 Å². The van der Waals surface area contributed by atoms with E-state index in [4.69, 9.17) is 4.74 Å². The zero-order chi connectivity index (χ0) is 11.2. The maximum Gasteiger partial charge on any atom is 0.309 e. The number of esters is 1. The van der Waals surface area contributed by atoms with Crippen LogP contribution in [-0.2, 0) is 16.1 Å². The third kappa shape index (κ3) is 2.96. The number of allylic oxidation sites excluding steroid dienone is 2. The highest BCUT2D eigenvalue weighted by atomic mass is 16.5. The molecule has 0 heterocycles. The van der Waals surface area contributed by atoms with Gasteiger partial charge in [0.1, 0.15) is 6.61 Å². The van der Waals surface area contributed by atoms with Crippen molar-refractivity contribution >= 4 is 5.97 Å². The first-order valence-electron chi connectivity index (χ1n) is 5.72. The molecule has 0 unspecified atom stereocenters. The molecule has 0 spiro atoms. The first-order chi connectivity index (χ1) is 7.86. The van der Waals surface area contributed by atoms with Crippen LogP contribution in [0, 0.1) is 5.92 Å². The molecular weight excluding hydrogens is 200 g/mol. The van der Waals surface area contributed by atoms with Gasteiger partial charge in [-0.15, -0.1) is 0 Å². The molecule has 84 valence electrons. The Hall–Kier alpha value is -1.57. The van der Waals surface area contributed by atoms with Crippen molar-refractivity contribution in [2.45, 2.75) is 25.9 Å². The molecule has 0 bridgehead atoms. The third-order valence-corrected chi connectivity index (χ3v) is 2.83. The Morgan fingerprint density at radius 1 is 1.25 bits per heavy atom. The monoisotopic (exact) mass is 216 g/mol. The first kappa shape index (κ1) is 10.9. The minimum absolute atomic E-state index is 0.0618. The summed E-state index contributed by atoms with van der Waals surface area (Å²) >= 11 is 0. The summed E-state index contributed by atoms with van der Waals surface area (Å²) < 4.78 is 5.29. The number of rotatable bonds is 3. The second-order valence-electron chi connectivity index (χ2n) is 4.07. The van der Waals surface area contributed by atoms with Gasteiger partial charge in [0.2, 0.25) is 0 Å². The van der Waals surface area contributed by atoms with E-state index in [1.165, 1.54) is 0 Å². The molecule has 0 aromatic heterocycles. The standard InChI is InChI=1S/C14H16O2/c15-14(13-9-5-2-6-10-13)16-11-12-7-3-1-4-8-12/h1-5,7-8,13H,6,9-11H2/t13-/m1/s1. The molecule has 2 nitrogen and oxygen atoms in total. The van der Waals surface area contributed by atoms with Crippen LogP contribution in [0.5, 0.6) is 0 Å². The summed E-state index contributed by atoms with van der Waals surface area (Å²) in [6.45, 7) is 0.389. The molecule has 0 saturated carbocycles. The lowest BCUT2D eigenvalue weighted by Gasteiger charge is -2.16. The molecule has 1 aromatic carbocycles. The fraction of sp³-hybridized carbons (Fsp3) is 0.357. The van der Waals surface area contributed by atoms with E-state index >= 15 is 0 Å². The van der Waals surface area contributed by atoms with Gasteiger partial charge in [-0.25, -0.2) is 0 Å².